The average Bonchev–Trinajstić information content (AvgIpc) is 2.46. The van der Waals surface area contributed by atoms with Gasteiger partial charge < -0.3 is 10.6 Å². The SMILES string of the molecule is CCCNS(=O)(=O)N1CCN(c2ncccc2N)CC1. The Morgan fingerprint density at radius 1 is 1.35 bits per heavy atom. The lowest BCUT2D eigenvalue weighted by atomic mass is 10.3. The zero-order valence-corrected chi connectivity index (χ0v) is 12.4. The van der Waals surface area contributed by atoms with E-state index in [0.717, 1.165) is 12.2 Å². The Hall–Kier alpha value is -1.38. The minimum absolute atomic E-state index is 0.440. The highest BCUT2D eigenvalue weighted by atomic mass is 32.2. The number of piperazine rings is 1. The molecule has 0 saturated carbocycles. The first-order chi connectivity index (χ1) is 9.54. The van der Waals surface area contributed by atoms with Crippen LogP contribution in [-0.4, -0.2) is 50.4 Å². The van der Waals surface area contributed by atoms with Gasteiger partial charge in [0.1, 0.15) is 0 Å². The van der Waals surface area contributed by atoms with Gasteiger partial charge in [-0.15, -0.1) is 0 Å². The Bertz CT molecular complexity index is 541. The molecule has 1 aromatic heterocycles. The van der Waals surface area contributed by atoms with E-state index in [1.54, 1.807) is 18.3 Å². The number of rotatable bonds is 5. The summed E-state index contributed by atoms with van der Waals surface area (Å²) in [5, 5.41) is 0. The Balaban J connectivity index is 1.98. The number of nitrogens with one attached hydrogen (secondary N) is 1. The number of pyridine rings is 1. The number of anilines is 2. The van der Waals surface area contributed by atoms with Gasteiger partial charge in [-0.2, -0.15) is 12.7 Å². The van der Waals surface area contributed by atoms with Crippen molar-refractivity contribution in [2.24, 2.45) is 0 Å². The summed E-state index contributed by atoms with van der Waals surface area (Å²) in [5.41, 5.74) is 6.51. The van der Waals surface area contributed by atoms with E-state index in [-0.39, 0.29) is 0 Å². The molecule has 0 aromatic carbocycles. The Morgan fingerprint density at radius 3 is 2.65 bits per heavy atom. The highest BCUT2D eigenvalue weighted by molar-refractivity contribution is 7.87. The van der Waals surface area contributed by atoms with Crippen molar-refractivity contribution in [3.63, 3.8) is 0 Å². The molecule has 1 fully saturated rings. The fourth-order valence-electron chi connectivity index (χ4n) is 2.14. The molecule has 1 aliphatic heterocycles. The smallest absolute Gasteiger partial charge is 0.279 e. The van der Waals surface area contributed by atoms with Crippen LogP contribution in [0.3, 0.4) is 0 Å². The number of nitrogens with zero attached hydrogens (tertiary/aromatic N) is 3. The van der Waals surface area contributed by atoms with Gasteiger partial charge in [-0.25, -0.2) is 9.71 Å². The number of hydrogen-bond acceptors (Lipinski definition) is 5. The van der Waals surface area contributed by atoms with Crippen LogP contribution < -0.4 is 15.4 Å². The summed E-state index contributed by atoms with van der Waals surface area (Å²) >= 11 is 0. The van der Waals surface area contributed by atoms with Crippen molar-refractivity contribution in [1.29, 1.82) is 0 Å². The summed E-state index contributed by atoms with van der Waals surface area (Å²) in [7, 11) is -3.36. The zero-order chi connectivity index (χ0) is 14.6. The van der Waals surface area contributed by atoms with Gasteiger partial charge in [-0.3, -0.25) is 0 Å². The summed E-state index contributed by atoms with van der Waals surface area (Å²) in [4.78, 5) is 6.27. The van der Waals surface area contributed by atoms with Gasteiger partial charge in [0.05, 0.1) is 5.69 Å². The summed E-state index contributed by atoms with van der Waals surface area (Å²) < 4.78 is 28.1. The second-order valence-electron chi connectivity index (χ2n) is 4.70. The van der Waals surface area contributed by atoms with E-state index in [0.29, 0.717) is 38.4 Å². The lowest BCUT2D eigenvalue weighted by Crippen LogP contribution is -2.52. The van der Waals surface area contributed by atoms with Gasteiger partial charge in [-0.1, -0.05) is 6.92 Å². The second kappa shape index (κ2) is 6.38. The first-order valence-electron chi connectivity index (χ1n) is 6.75. The number of aromatic nitrogens is 1. The van der Waals surface area contributed by atoms with E-state index in [1.165, 1.54) is 4.31 Å². The van der Waals surface area contributed by atoms with Crippen LogP contribution in [0, 0.1) is 0 Å². The van der Waals surface area contributed by atoms with E-state index >= 15 is 0 Å². The molecular formula is C12H21N5O2S. The van der Waals surface area contributed by atoms with Crippen LogP contribution >= 0.6 is 0 Å². The summed E-state index contributed by atoms with van der Waals surface area (Å²) in [5.74, 6) is 0.728. The number of hydrogen-bond donors (Lipinski definition) is 2. The first-order valence-corrected chi connectivity index (χ1v) is 8.19. The van der Waals surface area contributed by atoms with Crippen LogP contribution in [0.4, 0.5) is 11.5 Å². The van der Waals surface area contributed by atoms with Crippen LogP contribution in [0.2, 0.25) is 0 Å². The molecule has 0 atom stereocenters. The molecule has 7 nitrogen and oxygen atoms in total. The molecular weight excluding hydrogens is 278 g/mol. The maximum Gasteiger partial charge on any atom is 0.279 e. The molecule has 3 N–H and O–H groups in total. The molecule has 0 bridgehead atoms. The third-order valence-corrected chi connectivity index (χ3v) is 4.84. The van der Waals surface area contributed by atoms with E-state index < -0.39 is 10.2 Å². The molecule has 1 saturated heterocycles. The van der Waals surface area contributed by atoms with Crippen molar-refractivity contribution in [1.82, 2.24) is 14.0 Å². The molecule has 2 heterocycles. The Morgan fingerprint density at radius 2 is 2.05 bits per heavy atom. The van der Waals surface area contributed by atoms with Crippen molar-refractivity contribution in [3.05, 3.63) is 18.3 Å². The zero-order valence-electron chi connectivity index (χ0n) is 11.6. The summed E-state index contributed by atoms with van der Waals surface area (Å²) in [6.45, 7) is 4.46. The molecule has 112 valence electrons. The predicted molar refractivity (Wildman–Crippen MR) is 79.6 cm³/mol. The van der Waals surface area contributed by atoms with Gasteiger partial charge in [-0.05, 0) is 18.6 Å². The average molecular weight is 299 g/mol. The van der Waals surface area contributed by atoms with Crippen LogP contribution in [-0.2, 0) is 10.2 Å². The molecule has 1 aromatic rings. The fraction of sp³-hybridized carbons (Fsp3) is 0.583. The van der Waals surface area contributed by atoms with E-state index in [1.807, 2.05) is 11.8 Å². The third kappa shape index (κ3) is 3.38. The van der Waals surface area contributed by atoms with E-state index in [4.69, 9.17) is 5.73 Å². The lowest BCUT2D eigenvalue weighted by molar-refractivity contribution is 0.377. The van der Waals surface area contributed by atoms with Crippen molar-refractivity contribution in [2.75, 3.05) is 43.4 Å². The van der Waals surface area contributed by atoms with E-state index in [2.05, 4.69) is 9.71 Å². The predicted octanol–water partition coefficient (Wildman–Crippen LogP) is 0.0302. The van der Waals surface area contributed by atoms with Crippen molar-refractivity contribution < 1.29 is 8.42 Å². The maximum atomic E-state index is 12.0. The molecule has 0 spiro atoms. The highest BCUT2D eigenvalue weighted by Crippen LogP contribution is 2.20. The topological polar surface area (TPSA) is 91.6 Å². The van der Waals surface area contributed by atoms with Crippen LogP contribution in [0.5, 0.6) is 0 Å². The minimum atomic E-state index is -3.36. The van der Waals surface area contributed by atoms with Gasteiger partial charge in [0.2, 0.25) is 0 Å². The largest absolute Gasteiger partial charge is 0.396 e. The lowest BCUT2D eigenvalue weighted by Gasteiger charge is -2.35. The Labute approximate surface area is 120 Å². The molecule has 2 rings (SSSR count). The minimum Gasteiger partial charge on any atom is -0.396 e. The number of nitrogens with two attached hydrogens (primary N) is 1. The van der Waals surface area contributed by atoms with Crippen LogP contribution in [0.25, 0.3) is 0 Å². The maximum absolute atomic E-state index is 12.0. The van der Waals surface area contributed by atoms with Crippen molar-refractivity contribution in [3.8, 4) is 0 Å². The normalized spacial score (nSPS) is 17.4. The Kier molecular flexibility index (Phi) is 4.79. The van der Waals surface area contributed by atoms with Gasteiger partial charge >= 0.3 is 0 Å². The monoisotopic (exact) mass is 299 g/mol. The fourth-order valence-corrected chi connectivity index (χ4v) is 3.42. The molecule has 20 heavy (non-hydrogen) atoms. The van der Waals surface area contributed by atoms with Crippen LogP contribution in [0.1, 0.15) is 13.3 Å². The second-order valence-corrected chi connectivity index (χ2v) is 6.46. The van der Waals surface area contributed by atoms with Gasteiger partial charge in [0.15, 0.2) is 5.82 Å². The van der Waals surface area contributed by atoms with Crippen LogP contribution in [0.15, 0.2) is 18.3 Å². The van der Waals surface area contributed by atoms with Crippen molar-refractivity contribution >= 4 is 21.7 Å². The summed E-state index contributed by atoms with van der Waals surface area (Å²) in [6, 6.07) is 3.59. The third-order valence-electron chi connectivity index (χ3n) is 3.23. The summed E-state index contributed by atoms with van der Waals surface area (Å²) in [6.07, 6.45) is 2.47. The standard InChI is InChI=1S/C12H21N5O2S/c1-2-5-15-20(18,19)17-9-7-16(8-10-17)12-11(13)4-3-6-14-12/h3-4,6,15H,2,5,7-10,13H2,1H3. The first kappa shape index (κ1) is 15.0. The van der Waals surface area contributed by atoms with E-state index in [9.17, 15) is 8.42 Å². The van der Waals surface area contributed by atoms with Crippen molar-refractivity contribution in [2.45, 2.75) is 13.3 Å². The quantitative estimate of drug-likeness (QED) is 0.800. The van der Waals surface area contributed by atoms with Gasteiger partial charge in [0, 0.05) is 38.9 Å². The molecule has 0 amide bonds. The number of nitrogen functional groups attached to an aromatic ring is 1. The molecule has 0 radical (unpaired) electrons. The van der Waals surface area contributed by atoms with Gasteiger partial charge in [0.25, 0.3) is 10.2 Å². The highest BCUT2D eigenvalue weighted by Gasteiger charge is 2.27. The molecule has 8 heteroatoms. The molecule has 1 aliphatic rings. The molecule has 0 aliphatic carbocycles. The molecule has 0 unspecified atom stereocenters.